The summed E-state index contributed by atoms with van der Waals surface area (Å²) in [6.07, 6.45) is -3.25. The van der Waals surface area contributed by atoms with Crippen molar-refractivity contribution in [3.8, 4) is 22.8 Å². The van der Waals surface area contributed by atoms with Gasteiger partial charge in [-0.2, -0.15) is 13.2 Å². The first-order valence-corrected chi connectivity index (χ1v) is 10.9. The van der Waals surface area contributed by atoms with Gasteiger partial charge in [0.2, 0.25) is 0 Å². The molecule has 3 heterocycles. The maximum absolute atomic E-state index is 14.1. The molecule has 11 heteroatoms. The van der Waals surface area contributed by atoms with Gasteiger partial charge in [0.1, 0.15) is 23.9 Å². The number of rotatable bonds is 7. The van der Waals surface area contributed by atoms with Gasteiger partial charge in [-0.25, -0.2) is 8.78 Å². The molecule has 36 heavy (non-hydrogen) atoms. The molecule has 2 aliphatic rings. The summed E-state index contributed by atoms with van der Waals surface area (Å²) in [5, 5.41) is 0. The number of pyridine rings is 1. The maximum atomic E-state index is 14.1. The van der Waals surface area contributed by atoms with Crippen LogP contribution in [0.3, 0.4) is 0 Å². The Morgan fingerprint density at radius 2 is 1.78 bits per heavy atom. The minimum atomic E-state index is -4.62. The Kier molecular flexibility index (Phi) is 6.03. The van der Waals surface area contributed by atoms with Crippen LogP contribution in [-0.2, 0) is 11.3 Å². The lowest BCUT2D eigenvalue weighted by Gasteiger charge is -2.33. The molecule has 1 fully saturated rings. The lowest BCUT2D eigenvalue weighted by molar-refractivity contribution is -0.153. The molecular weight excluding hydrogens is 487 g/mol. The van der Waals surface area contributed by atoms with Crippen LogP contribution in [0.15, 0.2) is 54.7 Å². The van der Waals surface area contributed by atoms with Crippen LogP contribution in [0.1, 0.15) is 15.9 Å². The van der Waals surface area contributed by atoms with Crippen molar-refractivity contribution in [2.75, 3.05) is 31.3 Å². The summed E-state index contributed by atoms with van der Waals surface area (Å²) < 4.78 is 81.2. The zero-order chi connectivity index (χ0) is 25.5. The summed E-state index contributed by atoms with van der Waals surface area (Å²) in [6, 6.07) is 11.2. The van der Waals surface area contributed by atoms with Crippen molar-refractivity contribution in [2.45, 2.75) is 18.4 Å². The fraction of sp³-hybridized carbons (Fsp3) is 0.280. The van der Waals surface area contributed by atoms with Gasteiger partial charge in [0.25, 0.3) is 5.91 Å². The van der Waals surface area contributed by atoms with Gasteiger partial charge in [0, 0.05) is 34.6 Å². The van der Waals surface area contributed by atoms with Crippen LogP contribution in [0.4, 0.5) is 27.6 Å². The third-order valence-corrected chi connectivity index (χ3v) is 5.81. The first-order valence-electron chi connectivity index (χ1n) is 10.9. The smallest absolute Gasteiger partial charge is 0.422 e. The number of anilines is 1. The molecule has 1 amide bonds. The molecule has 0 bridgehead atoms. The van der Waals surface area contributed by atoms with Crippen LogP contribution < -0.4 is 14.4 Å². The van der Waals surface area contributed by atoms with Crippen molar-refractivity contribution in [1.29, 1.82) is 0 Å². The summed E-state index contributed by atoms with van der Waals surface area (Å²) in [5.74, 6) is -1.02. The number of hydrogen-bond donors (Lipinski definition) is 0. The van der Waals surface area contributed by atoms with Crippen molar-refractivity contribution < 1.29 is 41.0 Å². The van der Waals surface area contributed by atoms with E-state index in [1.807, 2.05) is 0 Å². The number of ether oxygens (including phenoxy) is 3. The van der Waals surface area contributed by atoms with Crippen molar-refractivity contribution in [1.82, 2.24) is 4.98 Å². The molecule has 0 atom stereocenters. The predicted octanol–water partition coefficient (Wildman–Crippen LogP) is 5.11. The Morgan fingerprint density at radius 3 is 2.44 bits per heavy atom. The Bertz CT molecular complexity index is 1290. The fourth-order valence-electron chi connectivity index (χ4n) is 3.98. The van der Waals surface area contributed by atoms with Gasteiger partial charge in [-0.1, -0.05) is 0 Å². The molecule has 1 aromatic heterocycles. The molecule has 0 unspecified atom stereocenters. The standard InChI is InChI=1S/C25H19F5N2O4/c26-15-1-6-19(21(9-15)36-14-25(28,29)30)22-20-10-32(23(33)18(20)7-8-31-22)16-2-4-17(5-3-16)35-13-24(27)11-34-12-24/h1-9H,10-14H2. The second-order valence-electron chi connectivity index (χ2n) is 8.55. The lowest BCUT2D eigenvalue weighted by atomic mass is 10.0. The number of nitrogens with zero attached hydrogens (tertiary/aromatic N) is 2. The van der Waals surface area contributed by atoms with Gasteiger partial charge in [0.15, 0.2) is 12.3 Å². The zero-order valence-corrected chi connectivity index (χ0v) is 18.6. The van der Waals surface area contributed by atoms with Crippen molar-refractivity contribution in [3.05, 3.63) is 71.7 Å². The summed E-state index contributed by atoms with van der Waals surface area (Å²) >= 11 is 0. The maximum Gasteiger partial charge on any atom is 0.422 e. The number of aromatic nitrogens is 1. The highest BCUT2D eigenvalue weighted by molar-refractivity contribution is 6.11. The van der Waals surface area contributed by atoms with E-state index in [-0.39, 0.29) is 49.3 Å². The average molecular weight is 506 g/mol. The summed E-state index contributed by atoms with van der Waals surface area (Å²) in [5.41, 5.74) is 0.167. The first-order chi connectivity index (χ1) is 17.1. The SMILES string of the molecule is O=C1c2ccnc(-c3ccc(F)cc3OCC(F)(F)F)c2CN1c1ccc(OCC2(F)COC2)cc1. The summed E-state index contributed by atoms with van der Waals surface area (Å²) in [6.45, 7) is -1.70. The second kappa shape index (κ2) is 9.05. The molecule has 2 aliphatic heterocycles. The van der Waals surface area contributed by atoms with E-state index in [1.165, 1.54) is 23.2 Å². The molecule has 0 radical (unpaired) electrons. The largest absolute Gasteiger partial charge is 0.490 e. The number of benzene rings is 2. The van der Waals surface area contributed by atoms with E-state index in [9.17, 15) is 26.7 Å². The van der Waals surface area contributed by atoms with Crippen LogP contribution in [0, 0.1) is 5.82 Å². The summed E-state index contributed by atoms with van der Waals surface area (Å²) in [4.78, 5) is 18.9. The van der Waals surface area contributed by atoms with Crippen LogP contribution >= 0.6 is 0 Å². The lowest BCUT2D eigenvalue weighted by Crippen LogP contribution is -2.50. The molecule has 2 aromatic carbocycles. The Hall–Kier alpha value is -3.73. The second-order valence-corrected chi connectivity index (χ2v) is 8.55. The Morgan fingerprint density at radius 1 is 1.03 bits per heavy atom. The number of carbonyl (C=O) groups is 1. The molecule has 0 N–H and O–H groups in total. The van der Waals surface area contributed by atoms with Gasteiger partial charge in [-0.05, 0) is 42.5 Å². The molecule has 3 aromatic rings. The van der Waals surface area contributed by atoms with Crippen molar-refractivity contribution in [3.63, 3.8) is 0 Å². The molecular formula is C25H19F5N2O4. The molecule has 5 rings (SSSR count). The van der Waals surface area contributed by atoms with Crippen LogP contribution in [0.5, 0.6) is 11.5 Å². The minimum Gasteiger partial charge on any atom is -0.490 e. The fourth-order valence-corrected chi connectivity index (χ4v) is 3.98. The van der Waals surface area contributed by atoms with E-state index in [4.69, 9.17) is 14.2 Å². The van der Waals surface area contributed by atoms with Crippen LogP contribution in [0.2, 0.25) is 0 Å². The third kappa shape index (κ3) is 4.83. The van der Waals surface area contributed by atoms with E-state index in [2.05, 4.69) is 4.98 Å². The molecule has 0 aliphatic carbocycles. The van der Waals surface area contributed by atoms with E-state index < -0.39 is 24.3 Å². The zero-order valence-electron chi connectivity index (χ0n) is 18.6. The number of fused-ring (bicyclic) bond motifs is 1. The van der Waals surface area contributed by atoms with Gasteiger partial charge in [0.05, 0.1) is 25.5 Å². The monoisotopic (exact) mass is 506 g/mol. The molecule has 1 saturated heterocycles. The number of carbonyl (C=O) groups excluding carboxylic acids is 1. The number of halogens is 5. The van der Waals surface area contributed by atoms with Gasteiger partial charge >= 0.3 is 6.18 Å². The van der Waals surface area contributed by atoms with Crippen LogP contribution in [0.25, 0.3) is 11.3 Å². The van der Waals surface area contributed by atoms with Crippen LogP contribution in [-0.4, -0.2) is 49.2 Å². The number of amides is 1. The van der Waals surface area contributed by atoms with Crippen molar-refractivity contribution in [2.24, 2.45) is 0 Å². The van der Waals surface area contributed by atoms with Crippen molar-refractivity contribution >= 4 is 11.6 Å². The Balaban J connectivity index is 1.39. The highest BCUT2D eigenvalue weighted by Gasteiger charge is 2.40. The number of alkyl halides is 4. The van der Waals surface area contributed by atoms with Gasteiger partial charge in [-0.15, -0.1) is 0 Å². The molecule has 6 nitrogen and oxygen atoms in total. The molecule has 188 valence electrons. The average Bonchev–Trinajstić information content (AvgIpc) is 3.17. The normalized spacial score (nSPS) is 16.5. The highest BCUT2D eigenvalue weighted by atomic mass is 19.4. The van der Waals surface area contributed by atoms with E-state index in [1.54, 1.807) is 24.3 Å². The number of hydrogen-bond acceptors (Lipinski definition) is 5. The highest BCUT2D eigenvalue weighted by Crippen LogP contribution is 2.38. The van der Waals surface area contributed by atoms with E-state index in [0.29, 0.717) is 22.6 Å². The Labute approximate surface area is 202 Å². The molecule has 0 spiro atoms. The van der Waals surface area contributed by atoms with Gasteiger partial charge in [-0.3, -0.25) is 9.78 Å². The minimum absolute atomic E-state index is 0.0149. The predicted molar refractivity (Wildman–Crippen MR) is 118 cm³/mol. The van der Waals surface area contributed by atoms with Gasteiger partial charge < -0.3 is 19.1 Å². The molecule has 0 saturated carbocycles. The quantitative estimate of drug-likeness (QED) is 0.417. The third-order valence-electron chi connectivity index (χ3n) is 5.81. The summed E-state index contributed by atoms with van der Waals surface area (Å²) in [7, 11) is 0. The van der Waals surface area contributed by atoms with E-state index in [0.717, 1.165) is 12.1 Å². The van der Waals surface area contributed by atoms with E-state index >= 15 is 0 Å². The topological polar surface area (TPSA) is 60.9 Å². The first kappa shape index (κ1) is 24.0.